The van der Waals surface area contributed by atoms with Gasteiger partial charge in [-0.2, -0.15) is 0 Å². The van der Waals surface area contributed by atoms with Crippen molar-refractivity contribution in [3.63, 3.8) is 0 Å². The van der Waals surface area contributed by atoms with Crippen LogP contribution >= 0.6 is 11.8 Å². The van der Waals surface area contributed by atoms with Crippen LogP contribution in [0, 0.1) is 6.92 Å². The fourth-order valence-corrected chi connectivity index (χ4v) is 2.37. The first-order chi connectivity index (χ1) is 8.01. The third-order valence-corrected chi connectivity index (χ3v) is 4.06. The summed E-state index contributed by atoms with van der Waals surface area (Å²) in [6.07, 6.45) is 0. The van der Waals surface area contributed by atoms with Crippen LogP contribution in [0.1, 0.15) is 12.5 Å². The highest BCUT2D eigenvalue weighted by Crippen LogP contribution is 2.23. The van der Waals surface area contributed by atoms with E-state index in [0.29, 0.717) is 5.75 Å². The Labute approximate surface area is 107 Å². The topological polar surface area (TPSA) is 38.3 Å². The summed E-state index contributed by atoms with van der Waals surface area (Å²) in [6, 6.07) is 8.26. The number of ether oxygens (including phenoxy) is 1. The average Bonchev–Trinajstić information content (AvgIpc) is 2.36. The van der Waals surface area contributed by atoms with E-state index in [-0.39, 0.29) is 5.97 Å². The molecule has 0 amide bonds. The quantitative estimate of drug-likeness (QED) is 0.645. The Kier molecular flexibility index (Phi) is 5.02. The van der Waals surface area contributed by atoms with Crippen LogP contribution in [0.15, 0.2) is 29.2 Å². The van der Waals surface area contributed by atoms with Crippen molar-refractivity contribution < 1.29 is 9.53 Å². The zero-order valence-corrected chi connectivity index (χ0v) is 11.6. The Morgan fingerprint density at radius 3 is 2.47 bits per heavy atom. The van der Waals surface area contributed by atoms with Crippen LogP contribution in [0.4, 0.5) is 0 Å². The van der Waals surface area contributed by atoms with Gasteiger partial charge in [-0.05, 0) is 33.0 Å². The van der Waals surface area contributed by atoms with Gasteiger partial charge in [0.1, 0.15) is 5.54 Å². The van der Waals surface area contributed by atoms with Crippen LogP contribution in [0.25, 0.3) is 0 Å². The minimum absolute atomic E-state index is 0.236. The lowest BCUT2D eigenvalue weighted by atomic mass is 10.1. The number of methoxy groups -OCH3 is 1. The van der Waals surface area contributed by atoms with Crippen LogP contribution in [-0.2, 0) is 9.53 Å². The molecule has 0 aliphatic heterocycles. The Hall–Kier alpha value is -1.00. The molecule has 0 fully saturated rings. The molecule has 1 unspecified atom stereocenters. The van der Waals surface area contributed by atoms with Gasteiger partial charge in [-0.25, -0.2) is 0 Å². The molecule has 0 saturated heterocycles. The summed E-state index contributed by atoms with van der Waals surface area (Å²) >= 11 is 1.64. The van der Waals surface area contributed by atoms with Gasteiger partial charge in [0.05, 0.1) is 7.11 Å². The highest BCUT2D eigenvalue weighted by molar-refractivity contribution is 7.99. The fraction of sp³-hybridized carbons (Fsp3) is 0.462. The van der Waals surface area contributed by atoms with E-state index in [0.717, 1.165) is 4.90 Å². The maximum atomic E-state index is 11.6. The monoisotopic (exact) mass is 253 g/mol. The Bertz CT molecular complexity index is 378. The summed E-state index contributed by atoms with van der Waals surface area (Å²) in [7, 11) is 3.18. The number of thioether (sulfide) groups is 1. The molecule has 1 rings (SSSR count). The van der Waals surface area contributed by atoms with E-state index < -0.39 is 5.54 Å². The third-order valence-electron chi connectivity index (χ3n) is 2.74. The number of hydrogen-bond acceptors (Lipinski definition) is 4. The number of rotatable bonds is 5. The molecule has 0 aliphatic carbocycles. The highest BCUT2D eigenvalue weighted by atomic mass is 32.2. The van der Waals surface area contributed by atoms with Crippen molar-refractivity contribution in [3.05, 3.63) is 29.8 Å². The van der Waals surface area contributed by atoms with Gasteiger partial charge in [0.15, 0.2) is 0 Å². The largest absolute Gasteiger partial charge is 0.468 e. The summed E-state index contributed by atoms with van der Waals surface area (Å²) < 4.78 is 4.80. The molecule has 1 aromatic carbocycles. The average molecular weight is 253 g/mol. The lowest BCUT2D eigenvalue weighted by Crippen LogP contribution is -2.50. The van der Waals surface area contributed by atoms with E-state index in [2.05, 4.69) is 36.5 Å². The maximum absolute atomic E-state index is 11.6. The number of hydrogen-bond donors (Lipinski definition) is 1. The number of benzene rings is 1. The molecule has 1 atom stereocenters. The first kappa shape index (κ1) is 14.1. The van der Waals surface area contributed by atoms with Crippen LogP contribution in [0.5, 0.6) is 0 Å². The van der Waals surface area contributed by atoms with Crippen LogP contribution in [0.3, 0.4) is 0 Å². The molecule has 4 heteroatoms. The summed E-state index contributed by atoms with van der Waals surface area (Å²) in [4.78, 5) is 12.8. The van der Waals surface area contributed by atoms with E-state index in [1.165, 1.54) is 12.7 Å². The van der Waals surface area contributed by atoms with Gasteiger partial charge in [0, 0.05) is 10.6 Å². The van der Waals surface area contributed by atoms with Crippen LogP contribution in [0.2, 0.25) is 0 Å². The van der Waals surface area contributed by atoms with Crippen molar-refractivity contribution in [2.75, 3.05) is 19.9 Å². The Balaban J connectivity index is 2.65. The summed E-state index contributed by atoms with van der Waals surface area (Å²) in [6.45, 7) is 3.90. The number of aryl methyl sites for hydroxylation is 1. The minimum atomic E-state index is -0.649. The molecule has 0 aliphatic rings. The second-order valence-corrected chi connectivity index (χ2v) is 5.22. The van der Waals surface area contributed by atoms with Crippen molar-refractivity contribution in [1.29, 1.82) is 0 Å². The predicted octanol–water partition coefficient (Wildman–Crippen LogP) is 2.24. The zero-order chi connectivity index (χ0) is 12.9. The lowest BCUT2D eigenvalue weighted by Gasteiger charge is -2.25. The highest BCUT2D eigenvalue weighted by Gasteiger charge is 2.32. The molecule has 0 spiro atoms. The van der Waals surface area contributed by atoms with E-state index >= 15 is 0 Å². The predicted molar refractivity (Wildman–Crippen MR) is 71.4 cm³/mol. The van der Waals surface area contributed by atoms with E-state index in [1.807, 2.05) is 6.92 Å². The van der Waals surface area contributed by atoms with E-state index in [4.69, 9.17) is 4.74 Å². The second-order valence-electron chi connectivity index (χ2n) is 4.18. The SMILES string of the molecule is CNC(C)(CSc1ccc(C)cc1)C(=O)OC. The van der Waals surface area contributed by atoms with Crippen molar-refractivity contribution >= 4 is 17.7 Å². The number of nitrogens with one attached hydrogen (secondary N) is 1. The molecule has 0 radical (unpaired) electrons. The van der Waals surface area contributed by atoms with E-state index in [1.54, 1.807) is 18.8 Å². The van der Waals surface area contributed by atoms with E-state index in [9.17, 15) is 4.79 Å². The molecule has 1 N–H and O–H groups in total. The van der Waals surface area contributed by atoms with Gasteiger partial charge < -0.3 is 10.1 Å². The molecule has 0 heterocycles. The second kappa shape index (κ2) is 6.07. The van der Waals surface area contributed by atoms with Crippen molar-refractivity contribution in [1.82, 2.24) is 5.32 Å². The van der Waals surface area contributed by atoms with Gasteiger partial charge >= 0.3 is 5.97 Å². The maximum Gasteiger partial charge on any atom is 0.326 e. The third kappa shape index (κ3) is 3.75. The van der Waals surface area contributed by atoms with Crippen molar-refractivity contribution in [2.45, 2.75) is 24.3 Å². The minimum Gasteiger partial charge on any atom is -0.468 e. The number of likely N-dealkylation sites (N-methyl/N-ethyl adjacent to an activating group) is 1. The molecular weight excluding hydrogens is 234 g/mol. The summed E-state index contributed by atoms with van der Waals surface area (Å²) in [5.74, 6) is 0.402. The van der Waals surface area contributed by atoms with Gasteiger partial charge in [0.2, 0.25) is 0 Å². The van der Waals surface area contributed by atoms with Gasteiger partial charge in [-0.1, -0.05) is 17.7 Å². The first-order valence-corrected chi connectivity index (χ1v) is 6.47. The van der Waals surface area contributed by atoms with Crippen molar-refractivity contribution in [3.8, 4) is 0 Å². The van der Waals surface area contributed by atoms with Crippen molar-refractivity contribution in [2.24, 2.45) is 0 Å². The molecule has 17 heavy (non-hydrogen) atoms. The molecule has 0 aromatic heterocycles. The molecule has 0 saturated carbocycles. The smallest absolute Gasteiger partial charge is 0.326 e. The van der Waals surface area contributed by atoms with Gasteiger partial charge in [0.25, 0.3) is 0 Å². The van der Waals surface area contributed by atoms with Crippen LogP contribution < -0.4 is 5.32 Å². The lowest BCUT2D eigenvalue weighted by molar-refractivity contribution is -0.146. The molecule has 3 nitrogen and oxygen atoms in total. The van der Waals surface area contributed by atoms with Crippen LogP contribution in [-0.4, -0.2) is 31.4 Å². The molecule has 0 bridgehead atoms. The Morgan fingerprint density at radius 2 is 2.00 bits per heavy atom. The summed E-state index contributed by atoms with van der Waals surface area (Å²) in [5, 5.41) is 3.02. The standard InChI is InChI=1S/C13H19NO2S/c1-10-5-7-11(8-6-10)17-9-13(2,14-3)12(15)16-4/h5-8,14H,9H2,1-4H3. The fourth-order valence-electron chi connectivity index (χ4n) is 1.32. The molecular formula is C13H19NO2S. The zero-order valence-electron chi connectivity index (χ0n) is 10.7. The number of carbonyl (C=O) groups is 1. The number of carbonyl (C=O) groups excluding carboxylic acids is 1. The van der Waals surface area contributed by atoms with Gasteiger partial charge in [-0.15, -0.1) is 11.8 Å². The van der Waals surface area contributed by atoms with Gasteiger partial charge in [-0.3, -0.25) is 4.79 Å². The Morgan fingerprint density at radius 1 is 1.41 bits per heavy atom. The normalized spacial score (nSPS) is 14.1. The number of esters is 1. The first-order valence-electron chi connectivity index (χ1n) is 5.48. The summed E-state index contributed by atoms with van der Waals surface area (Å²) in [5.41, 5.74) is 0.586. The molecule has 94 valence electrons. The molecule has 1 aromatic rings.